The molecule has 1 aromatic rings. The molecule has 1 unspecified atom stereocenters. The van der Waals surface area contributed by atoms with E-state index in [-0.39, 0.29) is 17.8 Å². The first-order chi connectivity index (χ1) is 7.61. The van der Waals surface area contributed by atoms with Crippen LogP contribution in [0, 0.1) is 5.82 Å². The number of benzene rings is 1. The molecule has 0 fully saturated rings. The summed E-state index contributed by atoms with van der Waals surface area (Å²) in [5.74, 6) is -0.403. The SMILES string of the molecule is CCC(C)NC(=O)C=Cc1ccc(F)cc1. The maximum atomic E-state index is 12.6. The average Bonchev–Trinajstić information content (AvgIpc) is 2.28. The first-order valence-electron chi connectivity index (χ1n) is 5.36. The molecule has 0 aliphatic heterocycles. The Morgan fingerprint density at radius 1 is 1.44 bits per heavy atom. The van der Waals surface area contributed by atoms with Crippen LogP contribution in [0.3, 0.4) is 0 Å². The summed E-state index contributed by atoms with van der Waals surface area (Å²) in [5.41, 5.74) is 0.806. The zero-order valence-electron chi connectivity index (χ0n) is 9.53. The van der Waals surface area contributed by atoms with Gasteiger partial charge in [-0.15, -0.1) is 0 Å². The first-order valence-corrected chi connectivity index (χ1v) is 5.36. The van der Waals surface area contributed by atoms with Crippen LogP contribution in [0.25, 0.3) is 6.08 Å². The predicted octanol–water partition coefficient (Wildman–Crippen LogP) is 2.75. The van der Waals surface area contributed by atoms with Crippen LogP contribution in [0.4, 0.5) is 4.39 Å². The molecule has 16 heavy (non-hydrogen) atoms. The van der Waals surface area contributed by atoms with Crippen molar-refractivity contribution in [2.45, 2.75) is 26.3 Å². The molecule has 3 heteroatoms. The molecule has 0 saturated carbocycles. The average molecular weight is 221 g/mol. The van der Waals surface area contributed by atoms with Crippen LogP contribution < -0.4 is 5.32 Å². The molecule has 1 rings (SSSR count). The Hall–Kier alpha value is -1.64. The molecule has 1 atom stereocenters. The fourth-order valence-electron chi connectivity index (χ4n) is 1.14. The van der Waals surface area contributed by atoms with Gasteiger partial charge in [-0.3, -0.25) is 4.79 Å². The third-order valence-corrected chi connectivity index (χ3v) is 2.30. The molecule has 1 aromatic carbocycles. The number of carbonyl (C=O) groups excluding carboxylic acids is 1. The molecule has 0 radical (unpaired) electrons. The number of hydrogen-bond acceptors (Lipinski definition) is 1. The van der Waals surface area contributed by atoms with Gasteiger partial charge in [0, 0.05) is 12.1 Å². The highest BCUT2D eigenvalue weighted by Crippen LogP contribution is 2.04. The third kappa shape index (κ3) is 4.26. The van der Waals surface area contributed by atoms with E-state index in [1.54, 1.807) is 18.2 Å². The van der Waals surface area contributed by atoms with E-state index in [2.05, 4.69) is 5.32 Å². The Morgan fingerprint density at radius 3 is 2.62 bits per heavy atom. The van der Waals surface area contributed by atoms with E-state index in [1.807, 2.05) is 13.8 Å². The number of halogens is 1. The van der Waals surface area contributed by atoms with Crippen molar-refractivity contribution in [1.29, 1.82) is 0 Å². The summed E-state index contributed by atoms with van der Waals surface area (Å²) in [6.45, 7) is 3.96. The minimum absolute atomic E-state index is 0.126. The molecule has 2 nitrogen and oxygen atoms in total. The van der Waals surface area contributed by atoms with Crippen LogP contribution in [0.15, 0.2) is 30.3 Å². The lowest BCUT2D eigenvalue weighted by molar-refractivity contribution is -0.117. The second-order valence-electron chi connectivity index (χ2n) is 3.70. The Labute approximate surface area is 95.2 Å². The molecule has 86 valence electrons. The summed E-state index contributed by atoms with van der Waals surface area (Å²) >= 11 is 0. The van der Waals surface area contributed by atoms with Gasteiger partial charge in [-0.25, -0.2) is 4.39 Å². The quantitative estimate of drug-likeness (QED) is 0.778. The normalized spacial score (nSPS) is 12.7. The van der Waals surface area contributed by atoms with Gasteiger partial charge in [-0.2, -0.15) is 0 Å². The highest BCUT2D eigenvalue weighted by Gasteiger charge is 2.00. The van der Waals surface area contributed by atoms with Crippen molar-refractivity contribution in [2.75, 3.05) is 0 Å². The molecule has 1 amide bonds. The van der Waals surface area contributed by atoms with E-state index < -0.39 is 0 Å². The van der Waals surface area contributed by atoms with Crippen molar-refractivity contribution < 1.29 is 9.18 Å². The fourth-order valence-corrected chi connectivity index (χ4v) is 1.14. The van der Waals surface area contributed by atoms with Crippen LogP contribution in [-0.4, -0.2) is 11.9 Å². The van der Waals surface area contributed by atoms with Crippen molar-refractivity contribution in [2.24, 2.45) is 0 Å². The molecule has 1 N–H and O–H groups in total. The standard InChI is InChI=1S/C13H16FNO/c1-3-10(2)15-13(16)9-6-11-4-7-12(14)8-5-11/h4-10H,3H2,1-2H3,(H,15,16). The number of nitrogens with one attached hydrogen (secondary N) is 1. The highest BCUT2D eigenvalue weighted by atomic mass is 19.1. The molecule has 0 spiro atoms. The van der Waals surface area contributed by atoms with Crippen molar-refractivity contribution in [1.82, 2.24) is 5.32 Å². The van der Waals surface area contributed by atoms with Gasteiger partial charge in [0.2, 0.25) is 5.91 Å². The van der Waals surface area contributed by atoms with Crippen molar-refractivity contribution in [3.05, 3.63) is 41.7 Å². The lowest BCUT2D eigenvalue weighted by Crippen LogP contribution is -2.30. The van der Waals surface area contributed by atoms with Crippen LogP contribution >= 0.6 is 0 Å². The largest absolute Gasteiger partial charge is 0.350 e. The van der Waals surface area contributed by atoms with Gasteiger partial charge >= 0.3 is 0 Å². The summed E-state index contributed by atoms with van der Waals surface area (Å²) in [6.07, 6.45) is 4.02. The summed E-state index contributed by atoms with van der Waals surface area (Å²) in [6, 6.07) is 6.16. The molecule has 0 heterocycles. The number of rotatable bonds is 4. The van der Waals surface area contributed by atoms with Crippen LogP contribution in [0.2, 0.25) is 0 Å². The van der Waals surface area contributed by atoms with Gasteiger partial charge in [-0.1, -0.05) is 19.1 Å². The molecular weight excluding hydrogens is 205 g/mol. The van der Waals surface area contributed by atoms with Crippen molar-refractivity contribution >= 4 is 12.0 Å². The van der Waals surface area contributed by atoms with E-state index in [9.17, 15) is 9.18 Å². The van der Waals surface area contributed by atoms with E-state index in [0.717, 1.165) is 12.0 Å². The van der Waals surface area contributed by atoms with Crippen LogP contribution in [0.1, 0.15) is 25.8 Å². The van der Waals surface area contributed by atoms with Gasteiger partial charge in [0.1, 0.15) is 5.82 Å². The van der Waals surface area contributed by atoms with Crippen LogP contribution in [-0.2, 0) is 4.79 Å². The smallest absolute Gasteiger partial charge is 0.244 e. The predicted molar refractivity (Wildman–Crippen MR) is 63.3 cm³/mol. The Balaban J connectivity index is 2.53. The minimum Gasteiger partial charge on any atom is -0.350 e. The van der Waals surface area contributed by atoms with Crippen LogP contribution in [0.5, 0.6) is 0 Å². The number of carbonyl (C=O) groups is 1. The van der Waals surface area contributed by atoms with E-state index >= 15 is 0 Å². The van der Waals surface area contributed by atoms with Gasteiger partial charge in [-0.05, 0) is 37.1 Å². The van der Waals surface area contributed by atoms with Gasteiger partial charge in [0.05, 0.1) is 0 Å². The highest BCUT2D eigenvalue weighted by molar-refractivity contribution is 5.91. The fraction of sp³-hybridized carbons (Fsp3) is 0.308. The van der Waals surface area contributed by atoms with Gasteiger partial charge in [0.25, 0.3) is 0 Å². The van der Waals surface area contributed by atoms with Crippen molar-refractivity contribution in [3.8, 4) is 0 Å². The Bertz CT molecular complexity index is 370. The second kappa shape index (κ2) is 6.05. The van der Waals surface area contributed by atoms with Gasteiger partial charge < -0.3 is 5.32 Å². The monoisotopic (exact) mass is 221 g/mol. The Morgan fingerprint density at radius 2 is 2.06 bits per heavy atom. The molecule has 0 aromatic heterocycles. The number of amides is 1. The number of hydrogen-bond donors (Lipinski definition) is 1. The van der Waals surface area contributed by atoms with Crippen molar-refractivity contribution in [3.63, 3.8) is 0 Å². The molecule has 0 aliphatic rings. The molecule has 0 saturated heterocycles. The summed E-state index contributed by atoms with van der Waals surface area (Å²) in [5, 5.41) is 2.81. The molecule has 0 bridgehead atoms. The Kier molecular flexibility index (Phi) is 4.70. The third-order valence-electron chi connectivity index (χ3n) is 2.30. The topological polar surface area (TPSA) is 29.1 Å². The zero-order chi connectivity index (χ0) is 12.0. The summed E-state index contributed by atoms with van der Waals surface area (Å²) in [4.78, 5) is 11.4. The zero-order valence-corrected chi connectivity index (χ0v) is 9.53. The maximum Gasteiger partial charge on any atom is 0.244 e. The molecular formula is C13H16FNO. The second-order valence-corrected chi connectivity index (χ2v) is 3.70. The minimum atomic E-state index is -0.277. The molecule has 0 aliphatic carbocycles. The maximum absolute atomic E-state index is 12.6. The first kappa shape index (κ1) is 12.4. The lowest BCUT2D eigenvalue weighted by atomic mass is 10.2. The van der Waals surface area contributed by atoms with E-state index in [1.165, 1.54) is 18.2 Å². The summed E-state index contributed by atoms with van der Waals surface area (Å²) in [7, 11) is 0. The summed E-state index contributed by atoms with van der Waals surface area (Å²) < 4.78 is 12.6. The van der Waals surface area contributed by atoms with E-state index in [4.69, 9.17) is 0 Å². The lowest BCUT2D eigenvalue weighted by Gasteiger charge is -2.08. The van der Waals surface area contributed by atoms with E-state index in [0.29, 0.717) is 0 Å². The van der Waals surface area contributed by atoms with Gasteiger partial charge in [0.15, 0.2) is 0 Å².